The topological polar surface area (TPSA) is 50.4 Å². The number of hydrogen-bond acceptors (Lipinski definition) is 3. The number of carbonyl (C=O) groups excluding carboxylic acids is 1. The van der Waals surface area contributed by atoms with E-state index < -0.39 is 0 Å². The van der Waals surface area contributed by atoms with E-state index in [9.17, 15) is 4.79 Å². The van der Waals surface area contributed by atoms with E-state index in [0.717, 1.165) is 18.3 Å². The van der Waals surface area contributed by atoms with Crippen LogP contribution in [0.4, 0.5) is 0 Å². The van der Waals surface area contributed by atoms with E-state index in [1.54, 1.807) is 0 Å². The molecule has 1 aromatic rings. The van der Waals surface area contributed by atoms with Crippen molar-refractivity contribution in [2.45, 2.75) is 25.8 Å². The van der Waals surface area contributed by atoms with Crippen molar-refractivity contribution >= 4 is 18.3 Å². The highest BCUT2D eigenvalue weighted by Crippen LogP contribution is 2.29. The number of ether oxygens (including phenoxy) is 1. The Labute approximate surface area is 126 Å². The first kappa shape index (κ1) is 16.8. The van der Waals surface area contributed by atoms with Gasteiger partial charge in [-0.05, 0) is 57.0 Å². The number of hydrogen-bond donors (Lipinski definition) is 2. The minimum Gasteiger partial charge on any atom is -0.493 e. The van der Waals surface area contributed by atoms with Gasteiger partial charge in [0.15, 0.2) is 0 Å². The highest BCUT2D eigenvalue weighted by atomic mass is 35.5. The van der Waals surface area contributed by atoms with Crippen LogP contribution in [0.2, 0.25) is 0 Å². The van der Waals surface area contributed by atoms with Crippen LogP contribution in [-0.2, 0) is 0 Å². The van der Waals surface area contributed by atoms with Crippen LogP contribution in [0.25, 0.3) is 0 Å². The van der Waals surface area contributed by atoms with Crippen molar-refractivity contribution in [3.8, 4) is 5.75 Å². The molecule has 1 fully saturated rings. The predicted molar refractivity (Wildman–Crippen MR) is 82.8 cm³/mol. The second kappa shape index (κ2) is 8.12. The zero-order valence-electron chi connectivity index (χ0n) is 12.0. The van der Waals surface area contributed by atoms with Crippen molar-refractivity contribution in [2.24, 2.45) is 5.92 Å². The SMILES string of the molecule is CNC(C)CNC(=O)c1ccc(OCC2CC2)cc1.Cl. The summed E-state index contributed by atoms with van der Waals surface area (Å²) in [4.78, 5) is 11.9. The number of benzene rings is 1. The number of nitrogens with one attached hydrogen (secondary N) is 2. The Kier molecular flexibility index (Phi) is 6.82. The first-order valence-electron chi connectivity index (χ1n) is 6.87. The fourth-order valence-electron chi connectivity index (χ4n) is 1.65. The highest BCUT2D eigenvalue weighted by molar-refractivity contribution is 5.94. The summed E-state index contributed by atoms with van der Waals surface area (Å²) in [5.41, 5.74) is 0.669. The number of rotatable bonds is 7. The second-order valence-electron chi connectivity index (χ2n) is 5.18. The number of amides is 1. The fraction of sp³-hybridized carbons (Fsp3) is 0.533. The molecule has 0 saturated heterocycles. The minimum atomic E-state index is -0.0455. The lowest BCUT2D eigenvalue weighted by atomic mass is 10.2. The third-order valence-corrected chi connectivity index (χ3v) is 3.36. The molecule has 1 amide bonds. The average molecular weight is 299 g/mol. The summed E-state index contributed by atoms with van der Waals surface area (Å²) in [6.07, 6.45) is 2.56. The molecule has 0 aromatic heterocycles. The van der Waals surface area contributed by atoms with Crippen LogP contribution in [0, 0.1) is 5.92 Å². The summed E-state index contributed by atoms with van der Waals surface area (Å²) in [7, 11) is 1.88. The van der Waals surface area contributed by atoms with Crippen LogP contribution in [0.3, 0.4) is 0 Å². The van der Waals surface area contributed by atoms with Crippen molar-refractivity contribution in [1.82, 2.24) is 10.6 Å². The van der Waals surface area contributed by atoms with Gasteiger partial charge in [-0.15, -0.1) is 12.4 Å². The van der Waals surface area contributed by atoms with E-state index in [0.29, 0.717) is 12.1 Å². The van der Waals surface area contributed by atoms with Crippen molar-refractivity contribution in [3.05, 3.63) is 29.8 Å². The minimum absolute atomic E-state index is 0. The quantitative estimate of drug-likeness (QED) is 0.812. The average Bonchev–Trinajstić information content (AvgIpc) is 3.27. The van der Waals surface area contributed by atoms with Crippen molar-refractivity contribution in [1.29, 1.82) is 0 Å². The first-order chi connectivity index (χ1) is 9.19. The van der Waals surface area contributed by atoms with E-state index in [1.165, 1.54) is 12.8 Å². The van der Waals surface area contributed by atoms with E-state index in [2.05, 4.69) is 10.6 Å². The largest absolute Gasteiger partial charge is 0.493 e. The maximum Gasteiger partial charge on any atom is 0.251 e. The molecule has 1 unspecified atom stereocenters. The third kappa shape index (κ3) is 5.39. The molecule has 0 radical (unpaired) electrons. The summed E-state index contributed by atoms with van der Waals surface area (Å²) < 4.78 is 5.64. The van der Waals surface area contributed by atoms with E-state index in [4.69, 9.17) is 4.74 Å². The Morgan fingerprint density at radius 3 is 2.55 bits per heavy atom. The Bertz CT molecular complexity index is 418. The van der Waals surface area contributed by atoms with Gasteiger partial charge in [-0.3, -0.25) is 4.79 Å². The molecule has 20 heavy (non-hydrogen) atoms. The van der Waals surface area contributed by atoms with Gasteiger partial charge < -0.3 is 15.4 Å². The van der Waals surface area contributed by atoms with Gasteiger partial charge in [-0.1, -0.05) is 0 Å². The second-order valence-corrected chi connectivity index (χ2v) is 5.18. The maximum absolute atomic E-state index is 11.9. The van der Waals surface area contributed by atoms with Crippen molar-refractivity contribution in [3.63, 3.8) is 0 Å². The lowest BCUT2D eigenvalue weighted by Crippen LogP contribution is -2.37. The summed E-state index contributed by atoms with van der Waals surface area (Å²) in [6.45, 7) is 3.44. The molecule has 1 atom stereocenters. The van der Waals surface area contributed by atoms with Crippen LogP contribution < -0.4 is 15.4 Å². The van der Waals surface area contributed by atoms with Crippen molar-refractivity contribution in [2.75, 3.05) is 20.2 Å². The molecule has 2 N–H and O–H groups in total. The van der Waals surface area contributed by atoms with Crippen LogP contribution in [0.1, 0.15) is 30.1 Å². The molecule has 0 spiro atoms. The Hall–Kier alpha value is -1.26. The molecule has 2 rings (SSSR count). The van der Waals surface area contributed by atoms with Gasteiger partial charge in [-0.25, -0.2) is 0 Å². The summed E-state index contributed by atoms with van der Waals surface area (Å²) in [6, 6.07) is 7.60. The summed E-state index contributed by atoms with van der Waals surface area (Å²) in [5, 5.41) is 5.97. The van der Waals surface area contributed by atoms with Crippen molar-refractivity contribution < 1.29 is 9.53 Å². The predicted octanol–water partition coefficient (Wildman–Crippen LogP) is 2.23. The molecule has 1 aliphatic carbocycles. The van der Waals surface area contributed by atoms with Gasteiger partial charge >= 0.3 is 0 Å². The highest BCUT2D eigenvalue weighted by Gasteiger charge is 2.21. The molecule has 0 heterocycles. The molecule has 1 aromatic carbocycles. The summed E-state index contributed by atoms with van der Waals surface area (Å²) >= 11 is 0. The van der Waals surface area contributed by atoms with Crippen LogP contribution in [0.15, 0.2) is 24.3 Å². The van der Waals surface area contributed by atoms with Crippen LogP contribution >= 0.6 is 12.4 Å². The molecule has 4 nitrogen and oxygen atoms in total. The Morgan fingerprint density at radius 2 is 2.00 bits per heavy atom. The maximum atomic E-state index is 11.9. The third-order valence-electron chi connectivity index (χ3n) is 3.36. The van der Waals surface area contributed by atoms with E-state index >= 15 is 0 Å². The monoisotopic (exact) mass is 298 g/mol. The van der Waals surface area contributed by atoms with Gasteiger partial charge in [0.2, 0.25) is 0 Å². The molecule has 1 aliphatic rings. The molecule has 5 heteroatoms. The molecule has 1 saturated carbocycles. The van der Waals surface area contributed by atoms with E-state index in [1.807, 2.05) is 38.2 Å². The van der Waals surface area contributed by atoms with Crippen LogP contribution in [-0.4, -0.2) is 32.1 Å². The first-order valence-corrected chi connectivity index (χ1v) is 6.87. The van der Waals surface area contributed by atoms with Gasteiger partial charge in [0, 0.05) is 18.2 Å². The van der Waals surface area contributed by atoms with Gasteiger partial charge in [0.05, 0.1) is 6.61 Å². The lowest BCUT2D eigenvalue weighted by Gasteiger charge is -2.11. The normalized spacial score (nSPS) is 15.1. The van der Waals surface area contributed by atoms with Crippen LogP contribution in [0.5, 0.6) is 5.75 Å². The molecular formula is C15H23ClN2O2. The number of carbonyl (C=O) groups is 1. The number of likely N-dealkylation sites (N-methyl/N-ethyl adjacent to an activating group) is 1. The molecule has 112 valence electrons. The Morgan fingerprint density at radius 1 is 1.35 bits per heavy atom. The fourth-order valence-corrected chi connectivity index (χ4v) is 1.65. The number of halogens is 1. The molecule has 0 aliphatic heterocycles. The van der Waals surface area contributed by atoms with E-state index in [-0.39, 0.29) is 24.4 Å². The van der Waals surface area contributed by atoms with Gasteiger partial charge in [-0.2, -0.15) is 0 Å². The molecule has 0 bridgehead atoms. The Balaban J connectivity index is 0.00000200. The zero-order valence-corrected chi connectivity index (χ0v) is 12.8. The smallest absolute Gasteiger partial charge is 0.251 e. The van der Waals surface area contributed by atoms with Gasteiger partial charge in [0.25, 0.3) is 5.91 Å². The lowest BCUT2D eigenvalue weighted by molar-refractivity contribution is 0.0950. The molecular weight excluding hydrogens is 276 g/mol. The summed E-state index contributed by atoms with van der Waals surface area (Å²) in [5.74, 6) is 1.54. The van der Waals surface area contributed by atoms with Gasteiger partial charge in [0.1, 0.15) is 5.75 Å². The zero-order chi connectivity index (χ0) is 13.7. The standard InChI is InChI=1S/C15H22N2O2.ClH/c1-11(16-2)9-17-15(18)13-5-7-14(8-6-13)19-10-12-3-4-12;/h5-8,11-12,16H,3-4,9-10H2,1-2H3,(H,17,18);1H.